The van der Waals surface area contributed by atoms with Crippen molar-refractivity contribution in [3.05, 3.63) is 48.2 Å². The van der Waals surface area contributed by atoms with Gasteiger partial charge in [0, 0.05) is 25.1 Å². The molecule has 0 spiro atoms. The second-order valence-electron chi connectivity index (χ2n) is 4.88. The van der Waals surface area contributed by atoms with Crippen molar-refractivity contribution >= 4 is 22.9 Å². The highest BCUT2D eigenvalue weighted by Gasteiger charge is 2.03. The average molecular weight is 268 g/mol. The third-order valence-electron chi connectivity index (χ3n) is 3.24. The van der Waals surface area contributed by atoms with Crippen LogP contribution in [0.1, 0.15) is 25.5 Å². The Morgan fingerprint density at radius 2 is 2.05 bits per heavy atom. The highest BCUT2D eigenvalue weighted by atomic mass is 16.2. The van der Waals surface area contributed by atoms with Crippen LogP contribution < -0.4 is 0 Å². The second kappa shape index (κ2) is 6.85. The summed E-state index contributed by atoms with van der Waals surface area (Å²) >= 11 is 0. The SMILES string of the molecule is CCCCN(C)C(=O)/C=C/c1ccc2ccccc2n1. The quantitative estimate of drug-likeness (QED) is 0.777. The van der Waals surface area contributed by atoms with E-state index in [9.17, 15) is 4.79 Å². The fraction of sp³-hybridized carbons (Fsp3) is 0.294. The number of carbonyl (C=O) groups excluding carboxylic acids is 1. The maximum atomic E-state index is 11.9. The number of benzene rings is 1. The van der Waals surface area contributed by atoms with E-state index in [0.29, 0.717) is 0 Å². The maximum Gasteiger partial charge on any atom is 0.246 e. The van der Waals surface area contributed by atoms with Gasteiger partial charge in [-0.2, -0.15) is 0 Å². The summed E-state index contributed by atoms with van der Waals surface area (Å²) in [5, 5.41) is 1.11. The van der Waals surface area contributed by atoms with Crippen molar-refractivity contribution in [1.82, 2.24) is 9.88 Å². The standard InChI is InChI=1S/C17H20N2O/c1-3-4-13-19(2)17(20)12-11-15-10-9-14-7-5-6-8-16(14)18-15/h5-12H,3-4,13H2,1-2H3/b12-11+. The lowest BCUT2D eigenvalue weighted by molar-refractivity contribution is -0.124. The molecule has 0 fully saturated rings. The summed E-state index contributed by atoms with van der Waals surface area (Å²) in [5.41, 5.74) is 1.75. The molecule has 0 N–H and O–H groups in total. The molecular weight excluding hydrogens is 248 g/mol. The van der Waals surface area contributed by atoms with Crippen LogP contribution in [0.2, 0.25) is 0 Å². The van der Waals surface area contributed by atoms with Gasteiger partial charge < -0.3 is 4.90 Å². The predicted octanol–water partition coefficient (Wildman–Crippen LogP) is 3.51. The molecule has 0 bridgehead atoms. The van der Waals surface area contributed by atoms with Gasteiger partial charge in [0.15, 0.2) is 0 Å². The van der Waals surface area contributed by atoms with Gasteiger partial charge in [0.05, 0.1) is 11.2 Å². The number of fused-ring (bicyclic) bond motifs is 1. The minimum Gasteiger partial charge on any atom is -0.342 e. The molecule has 1 aromatic heterocycles. The van der Waals surface area contributed by atoms with Gasteiger partial charge in [-0.3, -0.25) is 4.79 Å². The Hall–Kier alpha value is -2.16. The van der Waals surface area contributed by atoms with Crippen molar-refractivity contribution in [3.63, 3.8) is 0 Å². The van der Waals surface area contributed by atoms with Gasteiger partial charge in [-0.15, -0.1) is 0 Å². The van der Waals surface area contributed by atoms with Crippen LogP contribution in [-0.4, -0.2) is 29.4 Å². The van der Waals surface area contributed by atoms with E-state index in [-0.39, 0.29) is 5.91 Å². The molecule has 1 aromatic carbocycles. The first-order valence-corrected chi connectivity index (χ1v) is 6.99. The number of hydrogen-bond donors (Lipinski definition) is 0. The molecule has 0 unspecified atom stereocenters. The lowest BCUT2D eigenvalue weighted by Gasteiger charge is -2.13. The Kier molecular flexibility index (Phi) is 4.88. The predicted molar refractivity (Wildman–Crippen MR) is 83.3 cm³/mol. The minimum atomic E-state index is 0.0217. The summed E-state index contributed by atoms with van der Waals surface area (Å²) in [7, 11) is 1.83. The second-order valence-corrected chi connectivity index (χ2v) is 4.88. The lowest BCUT2D eigenvalue weighted by Crippen LogP contribution is -2.25. The van der Waals surface area contributed by atoms with E-state index in [0.717, 1.165) is 36.0 Å². The molecule has 0 aliphatic carbocycles. The van der Waals surface area contributed by atoms with Gasteiger partial charge >= 0.3 is 0 Å². The van der Waals surface area contributed by atoms with Gasteiger partial charge in [-0.1, -0.05) is 37.6 Å². The highest BCUT2D eigenvalue weighted by molar-refractivity contribution is 5.91. The third-order valence-corrected chi connectivity index (χ3v) is 3.24. The van der Waals surface area contributed by atoms with Gasteiger partial charge in [0.2, 0.25) is 5.91 Å². The van der Waals surface area contributed by atoms with Crippen molar-refractivity contribution in [2.24, 2.45) is 0 Å². The molecule has 0 saturated heterocycles. The number of aromatic nitrogens is 1. The Balaban J connectivity index is 2.07. The molecule has 2 rings (SSSR count). The summed E-state index contributed by atoms with van der Waals surface area (Å²) < 4.78 is 0. The van der Waals surface area contributed by atoms with Crippen LogP contribution in [0, 0.1) is 0 Å². The minimum absolute atomic E-state index is 0.0217. The summed E-state index contributed by atoms with van der Waals surface area (Å²) in [5.74, 6) is 0.0217. The summed E-state index contributed by atoms with van der Waals surface area (Å²) in [6.45, 7) is 2.91. The van der Waals surface area contributed by atoms with E-state index in [1.165, 1.54) is 0 Å². The zero-order chi connectivity index (χ0) is 14.4. The molecule has 0 radical (unpaired) electrons. The number of pyridine rings is 1. The van der Waals surface area contributed by atoms with Crippen LogP contribution in [0.4, 0.5) is 0 Å². The number of rotatable bonds is 5. The molecule has 0 saturated carbocycles. The molecule has 0 aliphatic rings. The van der Waals surface area contributed by atoms with Crippen LogP contribution in [0.15, 0.2) is 42.5 Å². The first-order chi connectivity index (χ1) is 9.70. The Labute approximate surface area is 119 Å². The Bertz CT molecular complexity index is 619. The highest BCUT2D eigenvalue weighted by Crippen LogP contribution is 2.12. The van der Waals surface area contributed by atoms with E-state index in [2.05, 4.69) is 11.9 Å². The van der Waals surface area contributed by atoms with Crippen LogP contribution >= 0.6 is 0 Å². The van der Waals surface area contributed by atoms with Gasteiger partial charge in [0.1, 0.15) is 0 Å². The molecule has 3 nitrogen and oxygen atoms in total. The molecule has 104 valence electrons. The van der Waals surface area contributed by atoms with Crippen molar-refractivity contribution in [3.8, 4) is 0 Å². The molecule has 1 heterocycles. The zero-order valence-corrected chi connectivity index (χ0v) is 12.0. The number of unbranched alkanes of at least 4 members (excludes halogenated alkanes) is 1. The van der Waals surface area contributed by atoms with E-state index >= 15 is 0 Å². The fourth-order valence-corrected chi connectivity index (χ4v) is 1.96. The van der Waals surface area contributed by atoms with E-state index in [1.807, 2.05) is 43.4 Å². The van der Waals surface area contributed by atoms with E-state index in [4.69, 9.17) is 0 Å². The van der Waals surface area contributed by atoms with Crippen LogP contribution in [0.25, 0.3) is 17.0 Å². The monoisotopic (exact) mass is 268 g/mol. The number of carbonyl (C=O) groups is 1. The summed E-state index contributed by atoms with van der Waals surface area (Å²) in [6.07, 6.45) is 5.49. The van der Waals surface area contributed by atoms with Gasteiger partial charge in [0.25, 0.3) is 0 Å². The molecule has 2 aromatic rings. The van der Waals surface area contributed by atoms with Crippen molar-refractivity contribution in [2.45, 2.75) is 19.8 Å². The topological polar surface area (TPSA) is 33.2 Å². The lowest BCUT2D eigenvalue weighted by atomic mass is 10.2. The Morgan fingerprint density at radius 1 is 1.25 bits per heavy atom. The van der Waals surface area contributed by atoms with Crippen LogP contribution in [-0.2, 0) is 4.79 Å². The maximum absolute atomic E-state index is 11.9. The van der Waals surface area contributed by atoms with Crippen molar-refractivity contribution in [1.29, 1.82) is 0 Å². The molecule has 0 atom stereocenters. The number of hydrogen-bond acceptors (Lipinski definition) is 2. The molecule has 20 heavy (non-hydrogen) atoms. The van der Waals surface area contributed by atoms with Crippen LogP contribution in [0.3, 0.4) is 0 Å². The number of nitrogens with zero attached hydrogens (tertiary/aromatic N) is 2. The first kappa shape index (κ1) is 14.3. The molecule has 3 heteroatoms. The number of amides is 1. The molecule has 0 aliphatic heterocycles. The zero-order valence-electron chi connectivity index (χ0n) is 12.0. The van der Waals surface area contributed by atoms with Gasteiger partial charge in [-0.05, 0) is 24.6 Å². The van der Waals surface area contributed by atoms with Crippen molar-refractivity contribution < 1.29 is 4.79 Å². The fourth-order valence-electron chi connectivity index (χ4n) is 1.96. The summed E-state index contributed by atoms with van der Waals surface area (Å²) in [4.78, 5) is 18.1. The van der Waals surface area contributed by atoms with Crippen molar-refractivity contribution in [2.75, 3.05) is 13.6 Å². The number of likely N-dealkylation sites (N-methyl/N-ethyl adjacent to an activating group) is 1. The van der Waals surface area contributed by atoms with E-state index < -0.39 is 0 Å². The molecular formula is C17H20N2O. The normalized spacial score (nSPS) is 11.1. The number of para-hydroxylation sites is 1. The smallest absolute Gasteiger partial charge is 0.246 e. The van der Waals surface area contributed by atoms with Crippen LogP contribution in [0.5, 0.6) is 0 Å². The van der Waals surface area contributed by atoms with E-state index in [1.54, 1.807) is 17.1 Å². The Morgan fingerprint density at radius 3 is 2.85 bits per heavy atom. The molecule has 1 amide bonds. The first-order valence-electron chi connectivity index (χ1n) is 6.99. The summed E-state index contributed by atoms with van der Waals surface area (Å²) in [6, 6.07) is 11.9. The van der Waals surface area contributed by atoms with Gasteiger partial charge in [-0.25, -0.2) is 4.98 Å². The largest absolute Gasteiger partial charge is 0.342 e. The third kappa shape index (κ3) is 3.67. The average Bonchev–Trinajstić information content (AvgIpc) is 2.50.